The van der Waals surface area contributed by atoms with Crippen LogP contribution in [-0.2, 0) is 10.0 Å². The Bertz CT molecular complexity index is 1700. The molecule has 39 heavy (non-hydrogen) atoms. The number of benzene rings is 3. The van der Waals surface area contributed by atoms with Crippen molar-refractivity contribution in [3.05, 3.63) is 88.7 Å². The van der Waals surface area contributed by atoms with Crippen LogP contribution in [0.3, 0.4) is 0 Å². The van der Waals surface area contributed by atoms with Gasteiger partial charge in [-0.2, -0.15) is 0 Å². The molecule has 0 unspecified atom stereocenters. The van der Waals surface area contributed by atoms with Gasteiger partial charge < -0.3 is 14.9 Å². The lowest BCUT2D eigenvalue weighted by Crippen LogP contribution is -2.47. The van der Waals surface area contributed by atoms with Gasteiger partial charge in [-0.3, -0.25) is 4.72 Å². The number of nitrogens with zero attached hydrogens (tertiary/aromatic N) is 3. The van der Waals surface area contributed by atoms with Crippen LogP contribution in [0.1, 0.15) is 27.0 Å². The third kappa shape index (κ3) is 5.24. The molecule has 8 nitrogen and oxygen atoms in total. The van der Waals surface area contributed by atoms with Gasteiger partial charge in [0.05, 0.1) is 16.0 Å². The predicted molar refractivity (Wildman–Crippen MR) is 151 cm³/mol. The number of piperazine rings is 1. The van der Waals surface area contributed by atoms with E-state index >= 15 is 0 Å². The van der Waals surface area contributed by atoms with E-state index in [1.807, 2.05) is 0 Å². The monoisotopic (exact) mass is 548 g/mol. The van der Waals surface area contributed by atoms with Gasteiger partial charge >= 0.3 is 5.97 Å². The van der Waals surface area contributed by atoms with E-state index in [0.29, 0.717) is 35.4 Å². The Morgan fingerprint density at radius 2 is 1.64 bits per heavy atom. The summed E-state index contributed by atoms with van der Waals surface area (Å²) in [5.41, 5.74) is 4.70. The van der Waals surface area contributed by atoms with Crippen LogP contribution in [0.5, 0.6) is 0 Å². The number of nitrogens with one attached hydrogen (secondary N) is 1. The number of aromatic carboxylic acids is 1. The van der Waals surface area contributed by atoms with Gasteiger partial charge in [0.2, 0.25) is 0 Å². The van der Waals surface area contributed by atoms with Gasteiger partial charge in [0.25, 0.3) is 10.0 Å². The summed E-state index contributed by atoms with van der Waals surface area (Å²) in [6, 6.07) is 15.9. The van der Waals surface area contributed by atoms with Crippen molar-refractivity contribution in [2.45, 2.75) is 25.7 Å². The van der Waals surface area contributed by atoms with Gasteiger partial charge in [0.1, 0.15) is 11.6 Å². The summed E-state index contributed by atoms with van der Waals surface area (Å²) >= 11 is 0. The molecule has 0 spiro atoms. The van der Waals surface area contributed by atoms with Crippen LogP contribution < -0.4 is 14.5 Å². The maximum absolute atomic E-state index is 13.7. The first-order valence-electron chi connectivity index (χ1n) is 12.6. The normalized spacial score (nSPS) is 14.1. The molecular weight excluding hydrogens is 519 g/mol. The maximum atomic E-state index is 13.7. The number of fused-ring (bicyclic) bond motifs is 1. The molecule has 3 aromatic carbocycles. The van der Waals surface area contributed by atoms with E-state index in [1.54, 1.807) is 13.0 Å². The lowest BCUT2D eigenvalue weighted by atomic mass is 10.1. The van der Waals surface area contributed by atoms with Crippen molar-refractivity contribution in [1.82, 2.24) is 4.98 Å². The summed E-state index contributed by atoms with van der Waals surface area (Å²) in [5.74, 6) is -1.25. The highest BCUT2D eigenvalue weighted by Gasteiger charge is 2.23. The number of halogens is 1. The zero-order valence-corrected chi connectivity index (χ0v) is 22.7. The Labute approximate surface area is 226 Å². The summed E-state index contributed by atoms with van der Waals surface area (Å²) in [7, 11) is -4.10. The molecule has 0 radical (unpaired) electrons. The molecule has 202 valence electrons. The second-order valence-electron chi connectivity index (χ2n) is 9.77. The molecule has 10 heteroatoms. The highest BCUT2D eigenvalue weighted by molar-refractivity contribution is 7.92. The van der Waals surface area contributed by atoms with E-state index in [4.69, 9.17) is 4.98 Å². The Balaban J connectivity index is 1.42. The summed E-state index contributed by atoms with van der Waals surface area (Å²) in [6.45, 7) is 8.68. The van der Waals surface area contributed by atoms with Gasteiger partial charge in [-0.1, -0.05) is 18.2 Å². The summed E-state index contributed by atoms with van der Waals surface area (Å²) in [6.07, 6.45) is 0. The maximum Gasteiger partial charge on any atom is 0.336 e. The van der Waals surface area contributed by atoms with Crippen LogP contribution in [0.2, 0.25) is 0 Å². The highest BCUT2D eigenvalue weighted by atomic mass is 32.2. The molecule has 0 bridgehead atoms. The number of carbonyl (C=O) groups is 1. The van der Waals surface area contributed by atoms with E-state index in [0.717, 1.165) is 19.2 Å². The SMILES string of the molecule is Cc1ccc(F)cc1S(=O)(=O)Nc1ccc2nc(N3CCN(c4cccc(C)c4C)CC3)cc(C(=O)O)c2c1. The molecule has 1 aliphatic heterocycles. The lowest BCUT2D eigenvalue weighted by Gasteiger charge is -2.37. The van der Waals surface area contributed by atoms with Crippen molar-refractivity contribution in [2.75, 3.05) is 40.7 Å². The fourth-order valence-corrected chi connectivity index (χ4v) is 6.25. The Morgan fingerprint density at radius 1 is 0.923 bits per heavy atom. The zero-order valence-electron chi connectivity index (χ0n) is 21.9. The average Bonchev–Trinajstić information content (AvgIpc) is 2.90. The molecule has 2 N–H and O–H groups in total. The van der Waals surface area contributed by atoms with Crippen LogP contribution in [0.4, 0.5) is 21.6 Å². The molecular formula is C29H29FN4O4S. The predicted octanol–water partition coefficient (Wildman–Crippen LogP) is 5.12. The van der Waals surface area contributed by atoms with E-state index < -0.39 is 21.8 Å². The highest BCUT2D eigenvalue weighted by Crippen LogP contribution is 2.30. The van der Waals surface area contributed by atoms with Gasteiger partial charge in [-0.05, 0) is 79.9 Å². The Kier molecular flexibility index (Phi) is 6.90. The molecule has 1 saturated heterocycles. The lowest BCUT2D eigenvalue weighted by molar-refractivity contribution is 0.0699. The molecule has 0 aliphatic carbocycles. The summed E-state index contributed by atoms with van der Waals surface area (Å²) < 4.78 is 42.0. The smallest absolute Gasteiger partial charge is 0.336 e. The molecule has 5 rings (SSSR count). The molecule has 0 saturated carbocycles. The Hall–Kier alpha value is -4.18. The number of sulfonamides is 1. The average molecular weight is 549 g/mol. The second-order valence-corrected chi connectivity index (χ2v) is 11.4. The van der Waals surface area contributed by atoms with Crippen LogP contribution in [0.25, 0.3) is 10.9 Å². The Morgan fingerprint density at radius 3 is 2.36 bits per heavy atom. The summed E-state index contributed by atoms with van der Waals surface area (Å²) in [5, 5.41) is 10.3. The number of aromatic nitrogens is 1. The topological polar surface area (TPSA) is 103 Å². The number of carboxylic acid groups (broad SMARTS) is 1. The number of hydrogen-bond acceptors (Lipinski definition) is 6. The standard InChI is InChI=1S/C29H29FN4O4S/c1-18-5-4-6-26(20(18)3)33-11-13-34(14-12-33)28-17-24(29(35)36)23-16-22(9-10-25(23)31-28)32-39(37,38)27-15-21(30)8-7-19(27)2/h4-10,15-17,32H,11-14H2,1-3H3,(H,35,36). The first-order chi connectivity index (χ1) is 18.5. The third-order valence-corrected chi connectivity index (χ3v) is 8.76. The minimum Gasteiger partial charge on any atom is -0.478 e. The minimum atomic E-state index is -4.10. The molecule has 0 amide bonds. The van der Waals surface area contributed by atoms with Gasteiger partial charge in [0.15, 0.2) is 0 Å². The van der Waals surface area contributed by atoms with E-state index in [2.05, 4.69) is 46.6 Å². The molecule has 1 aliphatic rings. The van der Waals surface area contributed by atoms with Crippen molar-refractivity contribution < 1.29 is 22.7 Å². The minimum absolute atomic E-state index is 0.0231. The van der Waals surface area contributed by atoms with E-state index in [9.17, 15) is 22.7 Å². The third-order valence-electron chi connectivity index (χ3n) is 7.24. The number of pyridine rings is 1. The number of carboxylic acids is 1. The fourth-order valence-electron chi connectivity index (χ4n) is 4.94. The number of rotatable bonds is 6. The van der Waals surface area contributed by atoms with Crippen molar-refractivity contribution in [3.63, 3.8) is 0 Å². The zero-order chi connectivity index (χ0) is 27.9. The van der Waals surface area contributed by atoms with Crippen LogP contribution >= 0.6 is 0 Å². The second kappa shape index (κ2) is 10.2. The molecule has 2 heterocycles. The molecule has 4 aromatic rings. The largest absolute Gasteiger partial charge is 0.478 e. The van der Waals surface area contributed by atoms with E-state index in [-0.39, 0.29) is 16.1 Å². The number of aryl methyl sites for hydroxylation is 2. The van der Waals surface area contributed by atoms with Crippen LogP contribution in [-0.4, -0.2) is 50.7 Å². The number of hydrogen-bond donors (Lipinski definition) is 2. The first kappa shape index (κ1) is 26.4. The van der Waals surface area contributed by atoms with Crippen molar-refractivity contribution in [3.8, 4) is 0 Å². The fraction of sp³-hybridized carbons (Fsp3) is 0.241. The first-order valence-corrected chi connectivity index (χ1v) is 14.0. The number of anilines is 3. The molecule has 0 atom stereocenters. The van der Waals surface area contributed by atoms with Gasteiger partial charge in [-0.25, -0.2) is 22.6 Å². The van der Waals surface area contributed by atoms with Crippen molar-refractivity contribution >= 4 is 44.1 Å². The van der Waals surface area contributed by atoms with Crippen molar-refractivity contribution in [1.29, 1.82) is 0 Å². The van der Waals surface area contributed by atoms with E-state index in [1.165, 1.54) is 47.1 Å². The van der Waals surface area contributed by atoms with Gasteiger partial charge in [-0.15, -0.1) is 0 Å². The molecule has 1 fully saturated rings. The molecule has 1 aromatic heterocycles. The quantitative estimate of drug-likeness (QED) is 0.345. The van der Waals surface area contributed by atoms with Gasteiger partial charge in [0, 0.05) is 42.9 Å². The summed E-state index contributed by atoms with van der Waals surface area (Å²) in [4.78, 5) is 21.1. The van der Waals surface area contributed by atoms with Crippen LogP contribution in [0, 0.1) is 26.6 Å². The van der Waals surface area contributed by atoms with Crippen LogP contribution in [0.15, 0.2) is 65.6 Å². The van der Waals surface area contributed by atoms with Crippen molar-refractivity contribution in [2.24, 2.45) is 0 Å².